The van der Waals surface area contributed by atoms with E-state index in [2.05, 4.69) is 58.8 Å². The van der Waals surface area contributed by atoms with E-state index in [0.29, 0.717) is 0 Å². The molecule has 0 amide bonds. The number of aliphatic hydroxyl groups is 1. The maximum atomic E-state index is 10.1. The molecule has 25 heavy (non-hydrogen) atoms. The summed E-state index contributed by atoms with van der Waals surface area (Å²) in [5, 5.41) is 13.7. The van der Waals surface area contributed by atoms with Crippen LogP contribution in [0.5, 0.6) is 0 Å². The Morgan fingerprint density at radius 1 is 1.00 bits per heavy atom. The van der Waals surface area contributed by atoms with Crippen molar-refractivity contribution in [1.29, 1.82) is 0 Å². The van der Waals surface area contributed by atoms with Gasteiger partial charge in [0.2, 0.25) is 0 Å². The van der Waals surface area contributed by atoms with Crippen LogP contribution in [-0.4, -0.2) is 16.7 Å². The Morgan fingerprint density at radius 2 is 1.88 bits per heavy atom. The number of fused-ring (bicyclic) bond motifs is 1. The van der Waals surface area contributed by atoms with Gasteiger partial charge in [-0.1, -0.05) is 48.5 Å². The Balaban J connectivity index is 1.56. The molecule has 3 nitrogen and oxygen atoms in total. The van der Waals surface area contributed by atoms with Crippen molar-refractivity contribution >= 4 is 0 Å². The van der Waals surface area contributed by atoms with Crippen molar-refractivity contribution in [1.82, 2.24) is 10.3 Å². The van der Waals surface area contributed by atoms with E-state index in [4.69, 9.17) is 0 Å². The highest BCUT2D eigenvalue weighted by molar-refractivity contribution is 5.59. The topological polar surface area (TPSA) is 45.1 Å². The summed E-state index contributed by atoms with van der Waals surface area (Å²) in [5.74, 6) is 0. The summed E-state index contributed by atoms with van der Waals surface area (Å²) < 4.78 is 0. The van der Waals surface area contributed by atoms with Crippen molar-refractivity contribution < 1.29 is 5.11 Å². The highest BCUT2D eigenvalue weighted by atomic mass is 16.3. The lowest BCUT2D eigenvalue weighted by atomic mass is 9.92. The van der Waals surface area contributed by atoms with Crippen molar-refractivity contribution in [2.75, 3.05) is 6.61 Å². The van der Waals surface area contributed by atoms with Crippen molar-refractivity contribution in [2.45, 2.75) is 24.9 Å². The van der Waals surface area contributed by atoms with Gasteiger partial charge in [0.1, 0.15) is 0 Å². The number of nitrogens with zero attached hydrogens (tertiary/aromatic N) is 1. The van der Waals surface area contributed by atoms with Crippen LogP contribution in [0.2, 0.25) is 0 Å². The average molecular weight is 330 g/mol. The Bertz CT molecular complexity index is 863. The van der Waals surface area contributed by atoms with Gasteiger partial charge in [0.05, 0.1) is 17.8 Å². The molecule has 1 unspecified atom stereocenters. The fraction of sp³-hybridized carbons (Fsp3) is 0.227. The zero-order valence-corrected chi connectivity index (χ0v) is 14.2. The van der Waals surface area contributed by atoms with Crippen LogP contribution in [0, 0.1) is 0 Å². The number of pyridine rings is 1. The van der Waals surface area contributed by atoms with Gasteiger partial charge in [0.25, 0.3) is 0 Å². The number of rotatable bonds is 5. The number of hydrogen-bond donors (Lipinski definition) is 2. The van der Waals surface area contributed by atoms with E-state index in [1.807, 2.05) is 24.4 Å². The second kappa shape index (κ2) is 6.79. The Kier molecular flexibility index (Phi) is 4.35. The summed E-state index contributed by atoms with van der Waals surface area (Å²) in [7, 11) is 0. The smallest absolute Gasteiger partial charge is 0.0702 e. The first-order chi connectivity index (χ1) is 12.3. The molecule has 1 heterocycles. The number of aliphatic hydroxyl groups excluding tert-OH is 1. The zero-order valence-electron chi connectivity index (χ0n) is 14.2. The molecule has 126 valence electrons. The molecule has 0 saturated heterocycles. The van der Waals surface area contributed by atoms with E-state index >= 15 is 0 Å². The van der Waals surface area contributed by atoms with Crippen LogP contribution in [0.4, 0.5) is 0 Å². The van der Waals surface area contributed by atoms with Crippen LogP contribution in [0.15, 0.2) is 72.9 Å². The molecule has 0 spiro atoms. The molecule has 0 fully saturated rings. The summed E-state index contributed by atoms with van der Waals surface area (Å²) in [5.41, 5.74) is 5.53. The molecule has 0 saturated carbocycles. The molecule has 1 atom stereocenters. The third kappa shape index (κ3) is 3.09. The van der Waals surface area contributed by atoms with Gasteiger partial charge in [-0.25, -0.2) is 0 Å². The molecule has 0 bridgehead atoms. The minimum Gasteiger partial charge on any atom is -0.394 e. The van der Waals surface area contributed by atoms with Crippen LogP contribution in [0.1, 0.15) is 23.1 Å². The Labute approximate surface area is 148 Å². The number of aromatic nitrogens is 1. The molecule has 4 rings (SSSR count). The van der Waals surface area contributed by atoms with Crippen LogP contribution < -0.4 is 5.32 Å². The van der Waals surface area contributed by atoms with Crippen LogP contribution in [-0.2, 0) is 18.5 Å². The van der Waals surface area contributed by atoms with Gasteiger partial charge in [-0.15, -0.1) is 0 Å². The standard InChI is InChI=1S/C22H22N2O/c25-16-22(12-11-18-7-1-2-9-20(18)22)24-15-17-6-5-8-19(14-17)21-10-3-4-13-23-21/h1-10,13-14,24-25H,11-12,15-16H2. The number of nitrogens with one attached hydrogen (secondary N) is 1. The molecule has 3 heteroatoms. The van der Waals surface area contributed by atoms with Crippen LogP contribution in [0.3, 0.4) is 0 Å². The van der Waals surface area contributed by atoms with Crippen LogP contribution >= 0.6 is 0 Å². The lowest BCUT2D eigenvalue weighted by Crippen LogP contribution is -2.43. The van der Waals surface area contributed by atoms with Gasteiger partial charge in [-0.3, -0.25) is 4.98 Å². The highest BCUT2D eigenvalue weighted by Crippen LogP contribution is 2.36. The first-order valence-electron chi connectivity index (χ1n) is 8.75. The highest BCUT2D eigenvalue weighted by Gasteiger charge is 2.37. The van der Waals surface area contributed by atoms with E-state index in [9.17, 15) is 5.11 Å². The fourth-order valence-corrected chi connectivity index (χ4v) is 3.74. The second-order valence-electron chi connectivity index (χ2n) is 6.67. The predicted molar refractivity (Wildman–Crippen MR) is 100 cm³/mol. The average Bonchev–Trinajstić information content (AvgIpc) is 3.07. The summed E-state index contributed by atoms with van der Waals surface area (Å²) in [6.45, 7) is 0.833. The second-order valence-corrected chi connectivity index (χ2v) is 6.67. The minimum absolute atomic E-state index is 0.115. The molecule has 1 aromatic heterocycles. The number of aryl methyl sites for hydroxylation is 1. The summed E-state index contributed by atoms with van der Waals surface area (Å²) in [6.07, 6.45) is 3.76. The first-order valence-corrected chi connectivity index (χ1v) is 8.75. The monoisotopic (exact) mass is 330 g/mol. The maximum Gasteiger partial charge on any atom is 0.0702 e. The van der Waals surface area contributed by atoms with E-state index < -0.39 is 0 Å². The van der Waals surface area contributed by atoms with Crippen molar-refractivity contribution in [3.63, 3.8) is 0 Å². The lowest BCUT2D eigenvalue weighted by molar-refractivity contribution is 0.159. The van der Waals surface area contributed by atoms with Crippen LogP contribution in [0.25, 0.3) is 11.3 Å². The third-order valence-corrected chi connectivity index (χ3v) is 5.14. The van der Waals surface area contributed by atoms with Gasteiger partial charge in [0.15, 0.2) is 0 Å². The van der Waals surface area contributed by atoms with Gasteiger partial charge in [0, 0.05) is 18.3 Å². The lowest BCUT2D eigenvalue weighted by Gasteiger charge is -2.30. The molecule has 1 aliphatic carbocycles. The van der Waals surface area contributed by atoms with Crippen molar-refractivity contribution in [3.8, 4) is 11.3 Å². The van der Waals surface area contributed by atoms with Gasteiger partial charge in [-0.2, -0.15) is 0 Å². The van der Waals surface area contributed by atoms with Crippen molar-refractivity contribution in [3.05, 3.63) is 89.6 Å². The molecule has 0 radical (unpaired) electrons. The van der Waals surface area contributed by atoms with Crippen molar-refractivity contribution in [2.24, 2.45) is 0 Å². The van der Waals surface area contributed by atoms with Gasteiger partial charge in [-0.05, 0) is 47.7 Å². The number of benzene rings is 2. The molecule has 1 aliphatic rings. The van der Waals surface area contributed by atoms with E-state index in [1.54, 1.807) is 0 Å². The molecule has 2 aromatic carbocycles. The Morgan fingerprint density at radius 3 is 2.72 bits per heavy atom. The third-order valence-electron chi connectivity index (χ3n) is 5.14. The molecule has 2 N–H and O–H groups in total. The zero-order chi connectivity index (χ0) is 17.1. The first kappa shape index (κ1) is 16.0. The SMILES string of the molecule is OCC1(NCc2cccc(-c3ccccn3)c2)CCc2ccccc21. The fourth-order valence-electron chi connectivity index (χ4n) is 3.74. The normalized spacial score (nSPS) is 18.9. The molecular formula is C22H22N2O. The summed E-state index contributed by atoms with van der Waals surface area (Å²) in [6, 6.07) is 22.8. The number of hydrogen-bond acceptors (Lipinski definition) is 3. The predicted octanol–water partition coefficient (Wildman–Crippen LogP) is 3.67. The molecule has 3 aromatic rings. The summed E-state index contributed by atoms with van der Waals surface area (Å²) in [4.78, 5) is 4.43. The van der Waals surface area contributed by atoms with E-state index in [1.165, 1.54) is 16.7 Å². The maximum absolute atomic E-state index is 10.1. The largest absolute Gasteiger partial charge is 0.394 e. The minimum atomic E-state index is -0.336. The Hall–Kier alpha value is -2.49. The molecular weight excluding hydrogens is 308 g/mol. The summed E-state index contributed by atoms with van der Waals surface area (Å²) >= 11 is 0. The molecule has 0 aliphatic heterocycles. The van der Waals surface area contributed by atoms with Gasteiger partial charge >= 0.3 is 0 Å². The van der Waals surface area contributed by atoms with Gasteiger partial charge < -0.3 is 10.4 Å². The van der Waals surface area contributed by atoms with E-state index in [0.717, 1.165) is 30.6 Å². The van der Waals surface area contributed by atoms with E-state index in [-0.39, 0.29) is 12.1 Å². The quantitative estimate of drug-likeness (QED) is 0.750.